The number of anilines is 1. The van der Waals surface area contributed by atoms with E-state index >= 15 is 0 Å². The minimum Gasteiger partial charge on any atom is -0.451 e. The van der Waals surface area contributed by atoms with E-state index in [1.165, 1.54) is 12.1 Å². The molecule has 0 spiro atoms. The largest absolute Gasteiger partial charge is 0.451 e. The number of amides is 1. The fraction of sp³-hybridized carbons (Fsp3) is 0.105. The van der Waals surface area contributed by atoms with Crippen LogP contribution in [0.25, 0.3) is 11.3 Å². The second-order valence-electron chi connectivity index (χ2n) is 5.58. The maximum atomic E-state index is 12.5. The van der Waals surface area contributed by atoms with Crippen LogP contribution >= 0.6 is 22.6 Å². The predicted molar refractivity (Wildman–Crippen MR) is 107 cm³/mol. The van der Waals surface area contributed by atoms with Crippen LogP contribution in [-0.4, -0.2) is 10.8 Å². The van der Waals surface area contributed by atoms with Crippen molar-refractivity contribution >= 4 is 39.9 Å². The summed E-state index contributed by atoms with van der Waals surface area (Å²) in [7, 11) is 0. The van der Waals surface area contributed by atoms with Gasteiger partial charge in [-0.25, -0.2) is 0 Å². The van der Waals surface area contributed by atoms with E-state index in [4.69, 9.17) is 4.42 Å². The second-order valence-corrected chi connectivity index (χ2v) is 6.83. The highest BCUT2D eigenvalue weighted by molar-refractivity contribution is 14.1. The Hall–Kier alpha value is -2.68. The Morgan fingerprint density at radius 2 is 2.00 bits per heavy atom. The zero-order valence-electron chi connectivity index (χ0n) is 13.9. The molecule has 0 aliphatic rings. The lowest BCUT2D eigenvalue weighted by Gasteiger charge is -2.09. The van der Waals surface area contributed by atoms with Crippen molar-refractivity contribution in [2.24, 2.45) is 0 Å². The van der Waals surface area contributed by atoms with E-state index in [0.29, 0.717) is 11.3 Å². The number of halogens is 1. The standard InChI is InChI=1S/C19H15IN2O4/c1-2-12-10-14(20)6-7-16(12)21-19(23)18-9-8-17(26-18)13-4-3-5-15(11-13)22(24)25/h3-11H,2H2,1H3,(H,21,23). The zero-order valence-corrected chi connectivity index (χ0v) is 16.0. The molecule has 0 aliphatic heterocycles. The number of nitrogens with zero attached hydrogens (tertiary/aromatic N) is 1. The molecule has 0 fully saturated rings. The molecular formula is C19H15IN2O4. The number of benzene rings is 2. The molecule has 0 saturated heterocycles. The van der Waals surface area contributed by atoms with Crippen molar-refractivity contribution < 1.29 is 14.1 Å². The van der Waals surface area contributed by atoms with Crippen molar-refractivity contribution in [3.8, 4) is 11.3 Å². The average Bonchev–Trinajstić information content (AvgIpc) is 3.13. The second kappa shape index (κ2) is 7.69. The van der Waals surface area contributed by atoms with Crippen molar-refractivity contribution in [3.63, 3.8) is 0 Å². The first-order chi connectivity index (χ1) is 12.5. The molecule has 7 heteroatoms. The van der Waals surface area contributed by atoms with Crippen molar-refractivity contribution in [1.29, 1.82) is 0 Å². The Morgan fingerprint density at radius 3 is 2.73 bits per heavy atom. The van der Waals surface area contributed by atoms with Crippen molar-refractivity contribution in [1.82, 2.24) is 0 Å². The third-order valence-electron chi connectivity index (χ3n) is 3.87. The summed E-state index contributed by atoms with van der Waals surface area (Å²) in [5.41, 5.74) is 2.29. The molecule has 1 amide bonds. The normalized spacial score (nSPS) is 10.5. The first kappa shape index (κ1) is 18.1. The number of nitrogens with one attached hydrogen (secondary N) is 1. The lowest BCUT2D eigenvalue weighted by atomic mass is 10.1. The number of nitro groups is 1. The average molecular weight is 462 g/mol. The molecule has 0 unspecified atom stereocenters. The molecule has 3 aromatic rings. The lowest BCUT2D eigenvalue weighted by molar-refractivity contribution is -0.384. The molecule has 2 aromatic carbocycles. The number of furan rings is 1. The van der Waals surface area contributed by atoms with E-state index in [1.54, 1.807) is 24.3 Å². The highest BCUT2D eigenvalue weighted by Crippen LogP contribution is 2.26. The van der Waals surface area contributed by atoms with Crippen molar-refractivity contribution in [2.75, 3.05) is 5.32 Å². The van der Waals surface area contributed by atoms with Gasteiger partial charge in [0, 0.05) is 27.0 Å². The predicted octanol–water partition coefficient (Wildman–Crippen LogP) is 5.27. The minimum absolute atomic E-state index is 0.0311. The topological polar surface area (TPSA) is 85.4 Å². The summed E-state index contributed by atoms with van der Waals surface area (Å²) in [6.07, 6.45) is 0.795. The van der Waals surface area contributed by atoms with E-state index < -0.39 is 4.92 Å². The molecule has 3 rings (SSSR count). The summed E-state index contributed by atoms with van der Waals surface area (Å²) < 4.78 is 6.70. The van der Waals surface area contributed by atoms with Gasteiger partial charge in [0.05, 0.1) is 4.92 Å². The zero-order chi connectivity index (χ0) is 18.7. The van der Waals surface area contributed by atoms with Crippen LogP contribution in [0.4, 0.5) is 11.4 Å². The Morgan fingerprint density at radius 1 is 1.19 bits per heavy atom. The molecule has 26 heavy (non-hydrogen) atoms. The van der Waals surface area contributed by atoms with Gasteiger partial charge in [-0.2, -0.15) is 0 Å². The number of carbonyl (C=O) groups excluding carboxylic acids is 1. The molecule has 0 saturated carbocycles. The van der Waals surface area contributed by atoms with Crippen molar-refractivity contribution in [2.45, 2.75) is 13.3 Å². The number of hydrogen-bond donors (Lipinski definition) is 1. The highest BCUT2D eigenvalue weighted by Gasteiger charge is 2.15. The van der Waals surface area contributed by atoms with E-state index in [-0.39, 0.29) is 17.4 Å². The molecule has 0 aliphatic carbocycles. The summed E-state index contributed by atoms with van der Waals surface area (Å²) in [6.45, 7) is 2.02. The van der Waals surface area contributed by atoms with Crippen LogP contribution in [0.1, 0.15) is 23.0 Å². The molecule has 1 N–H and O–H groups in total. The van der Waals surface area contributed by atoms with Gasteiger partial charge in [-0.3, -0.25) is 14.9 Å². The molecule has 1 aromatic heterocycles. The van der Waals surface area contributed by atoms with Crippen LogP contribution in [0.2, 0.25) is 0 Å². The summed E-state index contributed by atoms with van der Waals surface area (Å²) >= 11 is 2.23. The van der Waals surface area contributed by atoms with Gasteiger partial charge in [0.25, 0.3) is 11.6 Å². The Labute approximate surface area is 163 Å². The Kier molecular flexibility index (Phi) is 5.36. The Bertz CT molecular complexity index is 981. The van der Waals surface area contributed by atoms with Gasteiger partial charge in [-0.1, -0.05) is 19.1 Å². The Balaban J connectivity index is 1.83. The number of carbonyl (C=O) groups is 1. The monoisotopic (exact) mass is 462 g/mol. The maximum Gasteiger partial charge on any atom is 0.291 e. The highest BCUT2D eigenvalue weighted by atomic mass is 127. The van der Waals surface area contributed by atoms with Gasteiger partial charge in [0.1, 0.15) is 5.76 Å². The third kappa shape index (κ3) is 3.93. The number of hydrogen-bond acceptors (Lipinski definition) is 4. The fourth-order valence-electron chi connectivity index (χ4n) is 2.55. The minimum atomic E-state index is -0.469. The molecule has 0 radical (unpaired) electrons. The summed E-state index contributed by atoms with van der Waals surface area (Å²) in [6, 6.07) is 15.1. The number of rotatable bonds is 5. The van der Waals surface area contributed by atoms with Crippen LogP contribution in [0.3, 0.4) is 0 Å². The van der Waals surface area contributed by atoms with Crippen LogP contribution in [0, 0.1) is 13.7 Å². The molecule has 1 heterocycles. The maximum absolute atomic E-state index is 12.5. The van der Waals surface area contributed by atoms with Crippen LogP contribution in [-0.2, 0) is 6.42 Å². The van der Waals surface area contributed by atoms with E-state index in [2.05, 4.69) is 27.9 Å². The van der Waals surface area contributed by atoms with Gasteiger partial charge in [0.15, 0.2) is 5.76 Å². The summed E-state index contributed by atoms with van der Waals surface area (Å²) in [5, 5.41) is 13.8. The molecule has 0 bridgehead atoms. The van der Waals surface area contributed by atoms with E-state index in [1.807, 2.05) is 25.1 Å². The van der Waals surface area contributed by atoms with E-state index in [0.717, 1.165) is 21.2 Å². The van der Waals surface area contributed by atoms with Gasteiger partial charge < -0.3 is 9.73 Å². The first-order valence-electron chi connectivity index (χ1n) is 7.92. The molecule has 0 atom stereocenters. The smallest absolute Gasteiger partial charge is 0.291 e. The third-order valence-corrected chi connectivity index (χ3v) is 4.54. The number of aryl methyl sites for hydroxylation is 1. The number of nitro benzene ring substituents is 1. The molecule has 6 nitrogen and oxygen atoms in total. The number of non-ortho nitro benzene ring substituents is 1. The van der Waals surface area contributed by atoms with Gasteiger partial charge >= 0.3 is 0 Å². The van der Waals surface area contributed by atoms with Gasteiger partial charge in [0.2, 0.25) is 0 Å². The fourth-order valence-corrected chi connectivity index (χ4v) is 3.10. The summed E-state index contributed by atoms with van der Waals surface area (Å²) in [5.74, 6) is 0.182. The van der Waals surface area contributed by atoms with E-state index in [9.17, 15) is 14.9 Å². The van der Waals surface area contributed by atoms with Gasteiger partial charge in [-0.15, -0.1) is 0 Å². The first-order valence-corrected chi connectivity index (χ1v) is 9.00. The summed E-state index contributed by atoms with van der Waals surface area (Å²) in [4.78, 5) is 22.9. The van der Waals surface area contributed by atoms with Crippen LogP contribution in [0.5, 0.6) is 0 Å². The molecular weight excluding hydrogens is 447 g/mol. The quantitative estimate of drug-likeness (QED) is 0.318. The lowest BCUT2D eigenvalue weighted by Crippen LogP contribution is -2.12. The molecule has 132 valence electrons. The van der Waals surface area contributed by atoms with Crippen molar-refractivity contribution in [3.05, 3.63) is 79.6 Å². The van der Waals surface area contributed by atoms with Crippen LogP contribution in [0.15, 0.2) is 59.0 Å². The SMILES string of the molecule is CCc1cc(I)ccc1NC(=O)c1ccc(-c2cccc([N+](=O)[O-])c2)o1. The van der Waals surface area contributed by atoms with Crippen LogP contribution < -0.4 is 5.32 Å². The van der Waals surface area contributed by atoms with Gasteiger partial charge in [-0.05, 0) is 64.9 Å².